The monoisotopic (exact) mass is 235 g/mol. The van der Waals surface area contributed by atoms with Crippen LogP contribution in [-0.4, -0.2) is 64.2 Å². The molecule has 0 aliphatic carbocycles. The summed E-state index contributed by atoms with van der Waals surface area (Å²) in [6.45, 7) is 1.92. The summed E-state index contributed by atoms with van der Waals surface area (Å²) in [7, 11) is 0. The summed E-state index contributed by atoms with van der Waals surface area (Å²) < 4.78 is 0. The maximum Gasteiger partial charge on any atom is 0.177 e. The summed E-state index contributed by atoms with van der Waals surface area (Å²) in [5.41, 5.74) is 0. The number of rotatable bonds is 9. The number of hydrogen-bond acceptors (Lipinski definition) is 6. The highest BCUT2D eigenvalue weighted by Gasteiger charge is 2.29. The van der Waals surface area contributed by atoms with Crippen molar-refractivity contribution in [2.75, 3.05) is 19.7 Å². The molecule has 6 nitrogen and oxygen atoms in total. The first-order valence-electron chi connectivity index (χ1n) is 5.43. The van der Waals surface area contributed by atoms with Gasteiger partial charge >= 0.3 is 0 Å². The van der Waals surface area contributed by atoms with Crippen LogP contribution in [0.25, 0.3) is 0 Å². The van der Waals surface area contributed by atoms with Gasteiger partial charge in [-0.3, -0.25) is 4.79 Å². The van der Waals surface area contributed by atoms with Gasteiger partial charge in [0.2, 0.25) is 0 Å². The first-order chi connectivity index (χ1) is 7.54. The normalized spacial score (nSPS) is 16.8. The van der Waals surface area contributed by atoms with Crippen LogP contribution in [0.2, 0.25) is 0 Å². The van der Waals surface area contributed by atoms with Crippen LogP contribution in [0.3, 0.4) is 0 Å². The highest BCUT2D eigenvalue weighted by Crippen LogP contribution is 2.00. The van der Waals surface area contributed by atoms with Crippen LogP contribution in [0.5, 0.6) is 0 Å². The van der Waals surface area contributed by atoms with Gasteiger partial charge < -0.3 is 25.7 Å². The minimum atomic E-state index is -1.67. The number of carbonyl (C=O) groups excluding carboxylic acids is 1. The van der Waals surface area contributed by atoms with Crippen LogP contribution in [0.1, 0.15) is 19.8 Å². The van der Waals surface area contributed by atoms with Crippen molar-refractivity contribution in [2.24, 2.45) is 0 Å². The van der Waals surface area contributed by atoms with Gasteiger partial charge in [-0.15, -0.1) is 0 Å². The van der Waals surface area contributed by atoms with E-state index in [-0.39, 0.29) is 6.54 Å². The standard InChI is InChI=1S/C10H21NO5/c1-2-3-4-11-5-7(13)9(15)10(16)8(14)6-12/h8-12,14-16H,2-6H2,1H3/t8-,9-,10-/m1/s1. The molecule has 3 atom stereocenters. The molecule has 0 bridgehead atoms. The number of aliphatic hydroxyl groups is 4. The van der Waals surface area contributed by atoms with E-state index in [1.807, 2.05) is 6.92 Å². The Hall–Kier alpha value is -0.530. The lowest BCUT2D eigenvalue weighted by atomic mass is 10.0. The summed E-state index contributed by atoms with van der Waals surface area (Å²) in [5.74, 6) is -0.601. The number of nitrogens with one attached hydrogen (secondary N) is 1. The van der Waals surface area contributed by atoms with Gasteiger partial charge in [0, 0.05) is 0 Å². The fourth-order valence-corrected chi connectivity index (χ4v) is 1.13. The molecule has 0 aliphatic heterocycles. The number of unbranched alkanes of at least 4 members (excludes halogenated alkanes) is 1. The van der Waals surface area contributed by atoms with Gasteiger partial charge in [-0.2, -0.15) is 0 Å². The molecule has 0 aromatic carbocycles. The predicted octanol–water partition coefficient (Wildman–Crippen LogP) is -1.98. The second-order valence-electron chi connectivity index (χ2n) is 3.68. The van der Waals surface area contributed by atoms with Crippen molar-refractivity contribution in [1.82, 2.24) is 5.32 Å². The minimum absolute atomic E-state index is 0.0592. The van der Waals surface area contributed by atoms with Gasteiger partial charge in [-0.25, -0.2) is 0 Å². The van der Waals surface area contributed by atoms with E-state index in [0.717, 1.165) is 12.8 Å². The third-order valence-corrected chi connectivity index (χ3v) is 2.24. The Morgan fingerprint density at radius 2 is 1.94 bits per heavy atom. The lowest BCUT2D eigenvalue weighted by Gasteiger charge is -2.20. The lowest BCUT2D eigenvalue weighted by Crippen LogP contribution is -2.46. The van der Waals surface area contributed by atoms with E-state index < -0.39 is 30.7 Å². The maximum absolute atomic E-state index is 11.3. The number of carbonyl (C=O) groups is 1. The predicted molar refractivity (Wildman–Crippen MR) is 57.9 cm³/mol. The third-order valence-electron chi connectivity index (χ3n) is 2.24. The van der Waals surface area contributed by atoms with E-state index in [2.05, 4.69) is 5.32 Å². The van der Waals surface area contributed by atoms with Crippen molar-refractivity contribution in [3.8, 4) is 0 Å². The fourth-order valence-electron chi connectivity index (χ4n) is 1.13. The Morgan fingerprint density at radius 3 is 2.44 bits per heavy atom. The average Bonchev–Trinajstić information content (AvgIpc) is 2.31. The molecule has 5 N–H and O–H groups in total. The van der Waals surface area contributed by atoms with Gasteiger partial charge in [0.25, 0.3) is 0 Å². The summed E-state index contributed by atoms with van der Waals surface area (Å²) >= 11 is 0. The molecular weight excluding hydrogens is 214 g/mol. The zero-order valence-electron chi connectivity index (χ0n) is 9.46. The first-order valence-corrected chi connectivity index (χ1v) is 5.43. The number of Topliss-reactive ketones (excluding diaryl/α,β-unsaturated/α-hetero) is 1. The first kappa shape index (κ1) is 15.5. The third kappa shape index (κ3) is 5.53. The highest BCUT2D eigenvalue weighted by atomic mass is 16.4. The van der Waals surface area contributed by atoms with Crippen molar-refractivity contribution in [3.05, 3.63) is 0 Å². The van der Waals surface area contributed by atoms with Crippen molar-refractivity contribution >= 4 is 5.78 Å². The molecule has 0 fully saturated rings. The Bertz CT molecular complexity index is 200. The van der Waals surface area contributed by atoms with E-state index >= 15 is 0 Å². The van der Waals surface area contributed by atoms with Crippen LogP contribution in [0.15, 0.2) is 0 Å². The molecule has 16 heavy (non-hydrogen) atoms. The van der Waals surface area contributed by atoms with E-state index in [1.165, 1.54) is 0 Å². The number of ketones is 1. The van der Waals surface area contributed by atoms with Crippen LogP contribution in [0.4, 0.5) is 0 Å². The SMILES string of the molecule is CCCCNCC(=O)[C@@H](O)[C@H](O)[C@H](O)CO. The van der Waals surface area contributed by atoms with Crippen LogP contribution in [0, 0.1) is 0 Å². The van der Waals surface area contributed by atoms with E-state index in [1.54, 1.807) is 0 Å². The Kier molecular flexibility index (Phi) is 8.32. The Labute approximate surface area is 94.9 Å². The summed E-state index contributed by atoms with van der Waals surface area (Å²) in [4.78, 5) is 11.3. The fraction of sp³-hybridized carbons (Fsp3) is 0.900. The molecule has 0 aliphatic rings. The molecule has 0 amide bonds. The van der Waals surface area contributed by atoms with Crippen LogP contribution >= 0.6 is 0 Å². The van der Waals surface area contributed by atoms with E-state index in [0.29, 0.717) is 6.54 Å². The smallest absolute Gasteiger partial charge is 0.177 e. The molecule has 0 spiro atoms. The molecule has 0 aromatic heterocycles. The molecule has 0 saturated carbocycles. The second kappa shape index (κ2) is 8.60. The molecule has 6 heteroatoms. The zero-order valence-corrected chi connectivity index (χ0v) is 9.46. The summed E-state index contributed by atoms with van der Waals surface area (Å²) in [6, 6.07) is 0. The highest BCUT2D eigenvalue weighted by molar-refractivity contribution is 5.85. The molecule has 96 valence electrons. The van der Waals surface area contributed by atoms with Crippen molar-refractivity contribution in [2.45, 2.75) is 38.1 Å². The van der Waals surface area contributed by atoms with E-state index in [4.69, 9.17) is 10.2 Å². The van der Waals surface area contributed by atoms with Gasteiger partial charge in [0.15, 0.2) is 5.78 Å². The molecule has 0 saturated heterocycles. The van der Waals surface area contributed by atoms with Crippen LogP contribution in [-0.2, 0) is 4.79 Å². The lowest BCUT2D eigenvalue weighted by molar-refractivity contribution is -0.139. The number of hydrogen-bond donors (Lipinski definition) is 5. The van der Waals surface area contributed by atoms with Crippen LogP contribution < -0.4 is 5.32 Å². The van der Waals surface area contributed by atoms with Crippen molar-refractivity contribution in [3.63, 3.8) is 0 Å². The zero-order chi connectivity index (χ0) is 12.6. The number of aliphatic hydroxyl groups excluding tert-OH is 4. The molecule has 0 unspecified atom stereocenters. The van der Waals surface area contributed by atoms with Gasteiger partial charge in [0.1, 0.15) is 18.3 Å². The summed E-state index contributed by atoms with van der Waals surface area (Å²) in [5, 5.41) is 39.0. The van der Waals surface area contributed by atoms with Crippen molar-refractivity contribution in [1.29, 1.82) is 0 Å². The van der Waals surface area contributed by atoms with E-state index in [9.17, 15) is 15.0 Å². The Morgan fingerprint density at radius 1 is 1.31 bits per heavy atom. The topological polar surface area (TPSA) is 110 Å². The molecule has 0 rings (SSSR count). The molecular formula is C10H21NO5. The molecule has 0 aromatic rings. The van der Waals surface area contributed by atoms with Gasteiger partial charge in [-0.05, 0) is 13.0 Å². The largest absolute Gasteiger partial charge is 0.394 e. The summed E-state index contributed by atoms with van der Waals surface area (Å²) in [6.07, 6.45) is -2.91. The minimum Gasteiger partial charge on any atom is -0.394 e. The molecule has 0 radical (unpaired) electrons. The van der Waals surface area contributed by atoms with Crippen molar-refractivity contribution < 1.29 is 25.2 Å². The molecule has 0 heterocycles. The van der Waals surface area contributed by atoms with Gasteiger partial charge in [-0.1, -0.05) is 13.3 Å². The maximum atomic E-state index is 11.3. The quantitative estimate of drug-likeness (QED) is 0.296. The Balaban J connectivity index is 3.88. The van der Waals surface area contributed by atoms with Gasteiger partial charge in [0.05, 0.1) is 13.2 Å². The second-order valence-corrected chi connectivity index (χ2v) is 3.68. The average molecular weight is 235 g/mol.